The molecular formula is C20H30BiN3Si2. The summed E-state index contributed by atoms with van der Waals surface area (Å²) in [5.41, 5.74) is 4.88. The Bertz CT molecular complexity index is 821. The molecule has 0 saturated heterocycles. The predicted molar refractivity (Wildman–Crippen MR) is 121 cm³/mol. The van der Waals surface area contributed by atoms with Gasteiger partial charge < -0.3 is 0 Å². The standard InChI is InChI=1S/C14H11N2.C6H18NSi2.Bi.H/c15-13(11-7-3-1-4-8-11)14(16)12-9-5-2-6-10-12;1-8(2,3)7-9(4,5)6;;/h1-10,15H;1-6H3;;/q2*-1;+2;. The average Bonchev–Trinajstić information content (AvgIpc) is 2.98. The SMILES string of the molecule is C[Si](C)(C)[N]([BiH]1=[N]C(c2ccccc2)=C(c2ccccc2)[NH]1)[Si](C)(C)C. The first-order valence-corrected chi connectivity index (χ1v) is 21.5. The normalized spacial score (nSPS) is 18.0. The zero-order valence-electron chi connectivity index (χ0n) is 16.7. The molecule has 0 aromatic heterocycles. The zero-order valence-corrected chi connectivity index (χ0v) is 22.6. The van der Waals surface area contributed by atoms with Crippen LogP contribution in [-0.4, -0.2) is 40.8 Å². The third-order valence-corrected chi connectivity index (χ3v) is 35.6. The molecule has 1 heterocycles. The average molecular weight is 578 g/mol. The van der Waals surface area contributed by atoms with Gasteiger partial charge in [0.1, 0.15) is 0 Å². The summed E-state index contributed by atoms with van der Waals surface area (Å²) in [6.07, 6.45) is 0. The van der Waals surface area contributed by atoms with Crippen LogP contribution < -0.4 is 3.26 Å². The van der Waals surface area contributed by atoms with Gasteiger partial charge in [0.05, 0.1) is 0 Å². The topological polar surface area (TPSA) is 27.6 Å². The molecule has 0 amide bonds. The van der Waals surface area contributed by atoms with Crippen LogP contribution >= 0.6 is 0 Å². The molecular weight excluding hydrogens is 547 g/mol. The number of nitrogens with zero attached hydrogens (tertiary/aromatic N) is 2. The third kappa shape index (κ3) is 4.30. The molecule has 3 nitrogen and oxygen atoms in total. The van der Waals surface area contributed by atoms with Gasteiger partial charge in [0.25, 0.3) is 0 Å². The number of hydrogen-bond acceptors (Lipinski definition) is 3. The Morgan fingerprint density at radius 3 is 1.65 bits per heavy atom. The summed E-state index contributed by atoms with van der Waals surface area (Å²) < 4.78 is 12.4. The van der Waals surface area contributed by atoms with Gasteiger partial charge in [0.15, 0.2) is 0 Å². The molecule has 6 heteroatoms. The van der Waals surface area contributed by atoms with Crippen LogP contribution in [-0.2, 0) is 0 Å². The van der Waals surface area contributed by atoms with E-state index in [-0.39, 0.29) is 0 Å². The fraction of sp³-hybridized carbons (Fsp3) is 0.300. The number of rotatable bonds is 5. The van der Waals surface area contributed by atoms with Gasteiger partial charge in [0, 0.05) is 0 Å². The molecule has 1 atom stereocenters. The van der Waals surface area contributed by atoms with Crippen LogP contribution in [0.2, 0.25) is 39.3 Å². The van der Waals surface area contributed by atoms with Gasteiger partial charge in [-0.3, -0.25) is 0 Å². The molecule has 1 aliphatic rings. The molecule has 2 aromatic carbocycles. The first kappa shape index (κ1) is 19.8. The van der Waals surface area contributed by atoms with Crippen molar-refractivity contribution in [2.45, 2.75) is 39.3 Å². The summed E-state index contributed by atoms with van der Waals surface area (Å²) in [6.45, 7) is 14.9. The molecule has 0 aliphatic carbocycles. The van der Waals surface area contributed by atoms with Gasteiger partial charge in [-0.05, 0) is 0 Å². The summed E-state index contributed by atoms with van der Waals surface area (Å²) in [7, 11) is -2.88. The molecule has 0 bridgehead atoms. The number of nitrogens with one attached hydrogen (secondary N) is 1. The van der Waals surface area contributed by atoms with Crippen LogP contribution in [0.4, 0.5) is 0 Å². The number of benzene rings is 2. The molecule has 0 saturated carbocycles. The minimum atomic E-state index is -2.53. The van der Waals surface area contributed by atoms with E-state index in [4.69, 9.17) is 2.87 Å². The Hall–Kier alpha value is -0.943. The Kier molecular flexibility index (Phi) is 5.78. The molecule has 26 heavy (non-hydrogen) atoms. The van der Waals surface area contributed by atoms with E-state index in [9.17, 15) is 0 Å². The Labute approximate surface area is 168 Å². The van der Waals surface area contributed by atoms with E-state index in [0.717, 1.165) is 0 Å². The molecule has 138 valence electrons. The monoisotopic (exact) mass is 577 g/mol. The quantitative estimate of drug-likeness (QED) is 0.503. The van der Waals surface area contributed by atoms with Crippen molar-refractivity contribution in [3.05, 3.63) is 71.8 Å². The van der Waals surface area contributed by atoms with Crippen molar-refractivity contribution in [1.82, 2.24) is 5.44 Å². The van der Waals surface area contributed by atoms with Gasteiger partial charge in [-0.15, -0.1) is 0 Å². The molecule has 0 radical (unpaired) electrons. The molecule has 2 aromatic rings. The van der Waals surface area contributed by atoms with E-state index >= 15 is 0 Å². The van der Waals surface area contributed by atoms with Crippen molar-refractivity contribution in [2.75, 3.05) is 0 Å². The Balaban J connectivity index is 2.11. The van der Waals surface area contributed by atoms with Gasteiger partial charge >= 0.3 is 169 Å². The second-order valence-corrected chi connectivity index (χ2v) is 28.3. The predicted octanol–water partition coefficient (Wildman–Crippen LogP) is 5.07. The minimum absolute atomic E-state index is 1.17. The summed E-state index contributed by atoms with van der Waals surface area (Å²) in [4.78, 5) is 0. The molecule has 0 spiro atoms. The van der Waals surface area contributed by atoms with E-state index < -0.39 is 38.6 Å². The van der Waals surface area contributed by atoms with Gasteiger partial charge in [-0.1, -0.05) is 0 Å². The molecule has 0 fully saturated rings. The van der Waals surface area contributed by atoms with E-state index in [1.54, 1.807) is 0 Å². The van der Waals surface area contributed by atoms with E-state index in [1.807, 2.05) is 0 Å². The van der Waals surface area contributed by atoms with Crippen molar-refractivity contribution >= 4 is 50.0 Å². The van der Waals surface area contributed by atoms with Crippen molar-refractivity contribution in [3.63, 3.8) is 0 Å². The molecule has 1 aliphatic heterocycles. The van der Waals surface area contributed by atoms with E-state index in [0.29, 0.717) is 0 Å². The summed E-state index contributed by atoms with van der Waals surface area (Å²) in [6, 6.07) is 21.4. The van der Waals surface area contributed by atoms with Crippen LogP contribution in [0.15, 0.2) is 63.5 Å². The van der Waals surface area contributed by atoms with Gasteiger partial charge in [-0.25, -0.2) is 0 Å². The molecule has 1 unspecified atom stereocenters. The van der Waals surface area contributed by atoms with Crippen molar-refractivity contribution in [3.8, 4) is 0 Å². The maximum absolute atomic E-state index is 5.43. The van der Waals surface area contributed by atoms with E-state index in [1.165, 1.54) is 22.5 Å². The maximum atomic E-state index is 5.43. The summed E-state index contributed by atoms with van der Waals surface area (Å²) in [5, 5.41) is 0. The molecule has 1 N–H and O–H groups in total. The van der Waals surface area contributed by atoms with Crippen LogP contribution in [0.3, 0.4) is 0 Å². The summed E-state index contributed by atoms with van der Waals surface area (Å²) >= 11 is -2.53. The van der Waals surface area contributed by atoms with Crippen LogP contribution in [0.25, 0.3) is 11.4 Å². The fourth-order valence-electron chi connectivity index (χ4n) is 3.73. The zero-order chi connectivity index (χ0) is 18.9. The van der Waals surface area contributed by atoms with Crippen LogP contribution in [0.1, 0.15) is 11.1 Å². The van der Waals surface area contributed by atoms with Crippen LogP contribution in [0.5, 0.6) is 0 Å². The summed E-state index contributed by atoms with van der Waals surface area (Å²) in [5.74, 6) is 0. The number of hydrogen-bond donors (Lipinski definition) is 1. The molecule has 3 rings (SSSR count). The van der Waals surface area contributed by atoms with Crippen molar-refractivity contribution < 1.29 is 0 Å². The Morgan fingerprint density at radius 2 is 1.19 bits per heavy atom. The van der Waals surface area contributed by atoms with Crippen LogP contribution in [0, 0.1) is 0 Å². The second-order valence-electron chi connectivity index (χ2n) is 8.69. The first-order chi connectivity index (χ1) is 12.2. The van der Waals surface area contributed by atoms with Crippen molar-refractivity contribution in [2.24, 2.45) is 2.87 Å². The third-order valence-electron chi connectivity index (χ3n) is 4.35. The van der Waals surface area contributed by atoms with Crippen molar-refractivity contribution in [1.29, 1.82) is 0 Å². The first-order valence-electron chi connectivity index (χ1n) is 9.19. The second kappa shape index (κ2) is 7.59. The van der Waals surface area contributed by atoms with Gasteiger partial charge in [0.2, 0.25) is 0 Å². The Morgan fingerprint density at radius 1 is 0.731 bits per heavy atom. The van der Waals surface area contributed by atoms with Gasteiger partial charge in [-0.2, -0.15) is 0 Å². The fourth-order valence-corrected chi connectivity index (χ4v) is 34.4. The van der Waals surface area contributed by atoms with E-state index in [2.05, 4.69) is 105 Å².